The molecule has 0 saturated carbocycles. The van der Waals surface area contributed by atoms with E-state index in [0.29, 0.717) is 19.4 Å². The average Bonchev–Trinajstić information content (AvgIpc) is 3.01. The van der Waals surface area contributed by atoms with E-state index in [-0.39, 0.29) is 15.8 Å². The zero-order valence-corrected chi connectivity index (χ0v) is 15.5. The van der Waals surface area contributed by atoms with Crippen LogP contribution in [0.5, 0.6) is 0 Å². The predicted octanol–water partition coefficient (Wildman–Crippen LogP) is 2.09. The van der Waals surface area contributed by atoms with E-state index in [1.54, 1.807) is 11.3 Å². The molecule has 2 aromatic rings. The van der Waals surface area contributed by atoms with Crippen LogP contribution in [0.2, 0.25) is 0 Å². The fourth-order valence-corrected chi connectivity index (χ4v) is 6.15. The van der Waals surface area contributed by atoms with Crippen molar-refractivity contribution in [3.05, 3.63) is 46.2 Å². The van der Waals surface area contributed by atoms with Gasteiger partial charge in [0.1, 0.15) is 0 Å². The van der Waals surface area contributed by atoms with Crippen LogP contribution in [0.3, 0.4) is 0 Å². The maximum Gasteiger partial charge on any atom is 0.243 e. The maximum absolute atomic E-state index is 13.0. The molecule has 1 aromatic carbocycles. The van der Waals surface area contributed by atoms with Crippen molar-refractivity contribution in [3.8, 4) is 0 Å². The highest BCUT2D eigenvalue weighted by Crippen LogP contribution is 2.38. The van der Waals surface area contributed by atoms with Crippen LogP contribution >= 0.6 is 11.3 Å². The van der Waals surface area contributed by atoms with Crippen LogP contribution in [0.1, 0.15) is 29.8 Å². The first-order valence-electron chi connectivity index (χ1n) is 7.46. The highest BCUT2D eigenvalue weighted by atomic mass is 32.2. The van der Waals surface area contributed by atoms with Gasteiger partial charge in [-0.2, -0.15) is 4.31 Å². The number of sulfonamides is 2. The van der Waals surface area contributed by atoms with Crippen LogP contribution in [0, 0.1) is 0 Å². The molecule has 0 saturated heterocycles. The topological polar surface area (TPSA) is 97.5 Å². The van der Waals surface area contributed by atoms with Gasteiger partial charge in [0.15, 0.2) is 0 Å². The number of thiophene rings is 1. The van der Waals surface area contributed by atoms with Crippen molar-refractivity contribution >= 4 is 31.4 Å². The summed E-state index contributed by atoms with van der Waals surface area (Å²) in [5, 5.41) is 7.05. The molecule has 0 radical (unpaired) electrons. The summed E-state index contributed by atoms with van der Waals surface area (Å²) in [6.07, 6.45) is 1.37. The van der Waals surface area contributed by atoms with E-state index in [0.717, 1.165) is 5.56 Å². The summed E-state index contributed by atoms with van der Waals surface area (Å²) in [6.45, 7) is 2.38. The van der Waals surface area contributed by atoms with E-state index in [4.69, 9.17) is 5.14 Å². The van der Waals surface area contributed by atoms with Crippen LogP contribution in [0.4, 0.5) is 0 Å². The molecule has 0 spiro atoms. The van der Waals surface area contributed by atoms with E-state index in [2.05, 4.69) is 0 Å². The molecule has 1 atom stereocenters. The summed E-state index contributed by atoms with van der Waals surface area (Å²) in [5.41, 5.74) is 1.07. The zero-order chi connectivity index (χ0) is 17.5. The van der Waals surface area contributed by atoms with Crippen molar-refractivity contribution in [3.63, 3.8) is 0 Å². The van der Waals surface area contributed by atoms with Gasteiger partial charge in [-0.3, -0.25) is 0 Å². The van der Waals surface area contributed by atoms with Gasteiger partial charge in [0, 0.05) is 11.4 Å². The molecule has 1 aliphatic rings. The molecule has 24 heavy (non-hydrogen) atoms. The summed E-state index contributed by atoms with van der Waals surface area (Å²) in [6, 6.07) is 6.84. The van der Waals surface area contributed by atoms with Gasteiger partial charge in [0.05, 0.1) is 15.8 Å². The zero-order valence-electron chi connectivity index (χ0n) is 13.0. The number of nitrogens with two attached hydrogens (primary N) is 1. The second-order valence-electron chi connectivity index (χ2n) is 5.61. The largest absolute Gasteiger partial charge is 0.243 e. The lowest BCUT2D eigenvalue weighted by Crippen LogP contribution is -2.39. The van der Waals surface area contributed by atoms with Crippen molar-refractivity contribution in [1.82, 2.24) is 4.31 Å². The van der Waals surface area contributed by atoms with E-state index < -0.39 is 20.0 Å². The van der Waals surface area contributed by atoms with E-state index in [9.17, 15) is 16.8 Å². The normalized spacial score (nSPS) is 19.2. The lowest BCUT2D eigenvalue weighted by molar-refractivity contribution is 0.303. The van der Waals surface area contributed by atoms with Gasteiger partial charge in [-0.05, 0) is 54.1 Å². The number of primary sulfonamides is 1. The molecule has 0 amide bonds. The molecule has 6 nitrogen and oxygen atoms in total. The minimum absolute atomic E-state index is 0.0760. The molecule has 0 bridgehead atoms. The van der Waals surface area contributed by atoms with Crippen molar-refractivity contribution in [2.45, 2.75) is 35.6 Å². The van der Waals surface area contributed by atoms with Crippen LogP contribution in [0.15, 0.2) is 45.5 Å². The van der Waals surface area contributed by atoms with Gasteiger partial charge < -0.3 is 0 Å². The molecule has 0 aliphatic carbocycles. The third kappa shape index (κ3) is 3.02. The molecule has 0 fully saturated rings. The first-order valence-corrected chi connectivity index (χ1v) is 11.3. The lowest BCUT2D eigenvalue weighted by Gasteiger charge is -2.34. The Hall–Kier alpha value is -1.26. The van der Waals surface area contributed by atoms with Gasteiger partial charge in [0.25, 0.3) is 0 Å². The summed E-state index contributed by atoms with van der Waals surface area (Å²) < 4.78 is 50.1. The van der Waals surface area contributed by atoms with Gasteiger partial charge in [-0.25, -0.2) is 22.0 Å². The van der Waals surface area contributed by atoms with Crippen LogP contribution < -0.4 is 5.14 Å². The number of nitrogens with zero attached hydrogens (tertiary/aromatic N) is 1. The molecule has 1 unspecified atom stereocenters. The highest BCUT2D eigenvalue weighted by Gasteiger charge is 2.36. The Morgan fingerprint density at radius 2 is 1.75 bits per heavy atom. The third-order valence-corrected chi connectivity index (χ3v) is 8.04. The summed E-state index contributed by atoms with van der Waals surface area (Å²) in [5.74, 6) is 0. The van der Waals surface area contributed by atoms with Crippen molar-refractivity contribution in [2.75, 3.05) is 6.54 Å². The molecule has 9 heteroatoms. The fraction of sp³-hybridized carbons (Fsp3) is 0.333. The maximum atomic E-state index is 13.0. The minimum Gasteiger partial charge on any atom is -0.225 e. The Balaban J connectivity index is 1.99. The number of hydrogen-bond acceptors (Lipinski definition) is 5. The Kier molecular flexibility index (Phi) is 4.56. The van der Waals surface area contributed by atoms with Gasteiger partial charge in [-0.1, -0.05) is 6.92 Å². The van der Waals surface area contributed by atoms with Crippen molar-refractivity contribution < 1.29 is 16.8 Å². The Morgan fingerprint density at radius 3 is 2.33 bits per heavy atom. The molecule has 2 heterocycles. The minimum atomic E-state index is -3.84. The van der Waals surface area contributed by atoms with Crippen molar-refractivity contribution in [1.29, 1.82) is 0 Å². The molecule has 130 valence electrons. The second kappa shape index (κ2) is 6.23. The molecule has 1 aliphatic heterocycles. The number of benzene rings is 1. The van der Waals surface area contributed by atoms with Gasteiger partial charge in [0.2, 0.25) is 20.0 Å². The second-order valence-corrected chi connectivity index (χ2v) is 10.1. The van der Waals surface area contributed by atoms with E-state index >= 15 is 0 Å². The molecular weight excluding hydrogens is 368 g/mol. The molecule has 3 rings (SSSR count). The van der Waals surface area contributed by atoms with E-state index in [1.165, 1.54) is 33.4 Å². The van der Waals surface area contributed by atoms with E-state index in [1.807, 2.05) is 18.4 Å². The SMILES string of the molecule is CCC1c2ccsc2CCN1S(=O)(=O)c1ccc(S(N)(=O)=O)cc1. The predicted molar refractivity (Wildman–Crippen MR) is 92.8 cm³/mol. The number of fused-ring (bicyclic) bond motifs is 1. The van der Waals surface area contributed by atoms with Crippen LogP contribution in [-0.2, 0) is 26.5 Å². The lowest BCUT2D eigenvalue weighted by atomic mass is 10.0. The summed E-state index contributed by atoms with van der Waals surface area (Å²) >= 11 is 1.66. The Labute approximate surface area is 146 Å². The van der Waals surface area contributed by atoms with Crippen molar-refractivity contribution in [2.24, 2.45) is 5.14 Å². The fourth-order valence-electron chi connectivity index (χ4n) is 3.02. The average molecular weight is 387 g/mol. The summed E-state index contributed by atoms with van der Waals surface area (Å²) in [4.78, 5) is 1.21. The van der Waals surface area contributed by atoms with Crippen LogP contribution in [-0.4, -0.2) is 27.7 Å². The monoisotopic (exact) mass is 386 g/mol. The van der Waals surface area contributed by atoms with Gasteiger partial charge in [-0.15, -0.1) is 11.3 Å². The number of hydrogen-bond donors (Lipinski definition) is 1. The summed E-state index contributed by atoms with van der Waals surface area (Å²) in [7, 11) is -7.55. The molecule has 1 aromatic heterocycles. The molecule has 2 N–H and O–H groups in total. The third-order valence-electron chi connectivity index (χ3n) is 4.19. The van der Waals surface area contributed by atoms with Crippen LogP contribution in [0.25, 0.3) is 0 Å². The standard InChI is InChI=1S/C15H18N2O4S3/c1-2-14-13-8-10-22-15(13)7-9-17(14)24(20,21)12-5-3-11(4-6-12)23(16,18)19/h3-6,8,10,14H,2,7,9H2,1H3,(H2,16,18,19). The highest BCUT2D eigenvalue weighted by molar-refractivity contribution is 7.89. The number of rotatable bonds is 4. The Bertz CT molecular complexity index is 947. The van der Waals surface area contributed by atoms with Gasteiger partial charge >= 0.3 is 0 Å². The first-order chi connectivity index (χ1) is 11.2. The smallest absolute Gasteiger partial charge is 0.225 e. The molecular formula is C15H18N2O4S3. The Morgan fingerprint density at radius 1 is 1.12 bits per heavy atom. The first kappa shape index (κ1) is 17.6. The quantitative estimate of drug-likeness (QED) is 0.870.